The normalized spacial score (nSPS) is 12.4. The number of hydrogen-bond donors (Lipinski definition) is 1. The SMILES string of the molecule is COc1ccc2cc([C@@H](C)C(=O)O)ccc2c1Br. The first-order valence-corrected chi connectivity index (χ1v) is 6.33. The smallest absolute Gasteiger partial charge is 0.310 e. The molecule has 0 radical (unpaired) electrons. The van der Waals surface area contributed by atoms with E-state index in [1.807, 2.05) is 30.3 Å². The van der Waals surface area contributed by atoms with Gasteiger partial charge in [0.15, 0.2) is 0 Å². The summed E-state index contributed by atoms with van der Waals surface area (Å²) in [6.07, 6.45) is 0. The molecule has 1 N–H and O–H groups in total. The molecule has 4 heteroatoms. The molecule has 0 fully saturated rings. The molecule has 0 bridgehead atoms. The third kappa shape index (κ3) is 2.20. The van der Waals surface area contributed by atoms with E-state index in [1.165, 1.54) is 0 Å². The van der Waals surface area contributed by atoms with E-state index in [1.54, 1.807) is 14.0 Å². The van der Waals surface area contributed by atoms with Crippen LogP contribution >= 0.6 is 15.9 Å². The van der Waals surface area contributed by atoms with Crippen molar-refractivity contribution in [2.24, 2.45) is 0 Å². The topological polar surface area (TPSA) is 46.5 Å². The summed E-state index contributed by atoms with van der Waals surface area (Å²) in [4.78, 5) is 11.0. The Kier molecular flexibility index (Phi) is 3.57. The molecule has 2 aromatic carbocycles. The van der Waals surface area contributed by atoms with Crippen molar-refractivity contribution in [2.75, 3.05) is 7.11 Å². The first-order valence-electron chi connectivity index (χ1n) is 5.53. The molecular weight excluding hydrogens is 296 g/mol. The van der Waals surface area contributed by atoms with E-state index in [0.717, 1.165) is 26.6 Å². The molecule has 0 heterocycles. The number of fused-ring (bicyclic) bond motifs is 1. The summed E-state index contributed by atoms with van der Waals surface area (Å²) in [5.41, 5.74) is 0.798. The highest BCUT2D eigenvalue weighted by atomic mass is 79.9. The van der Waals surface area contributed by atoms with Crippen LogP contribution in [0.2, 0.25) is 0 Å². The Balaban J connectivity index is 2.57. The van der Waals surface area contributed by atoms with E-state index < -0.39 is 11.9 Å². The maximum absolute atomic E-state index is 11.0. The van der Waals surface area contributed by atoms with E-state index in [9.17, 15) is 4.79 Å². The van der Waals surface area contributed by atoms with Gasteiger partial charge in [0.25, 0.3) is 0 Å². The molecule has 0 saturated carbocycles. The molecule has 0 aliphatic heterocycles. The van der Waals surface area contributed by atoms with Gasteiger partial charge in [-0.2, -0.15) is 0 Å². The Morgan fingerprint density at radius 1 is 1.33 bits per heavy atom. The second kappa shape index (κ2) is 4.98. The highest BCUT2D eigenvalue weighted by Gasteiger charge is 2.14. The van der Waals surface area contributed by atoms with E-state index >= 15 is 0 Å². The van der Waals surface area contributed by atoms with Gasteiger partial charge >= 0.3 is 5.97 Å². The number of halogens is 1. The van der Waals surface area contributed by atoms with Crippen LogP contribution in [-0.2, 0) is 4.79 Å². The first kappa shape index (κ1) is 12.9. The second-order valence-electron chi connectivity index (χ2n) is 4.12. The van der Waals surface area contributed by atoms with Crippen molar-refractivity contribution in [1.29, 1.82) is 0 Å². The molecule has 0 saturated heterocycles. The zero-order valence-corrected chi connectivity index (χ0v) is 11.7. The molecule has 1 atom stereocenters. The fourth-order valence-electron chi connectivity index (χ4n) is 1.86. The van der Waals surface area contributed by atoms with Gasteiger partial charge in [-0.15, -0.1) is 0 Å². The zero-order chi connectivity index (χ0) is 13.3. The van der Waals surface area contributed by atoms with Crippen molar-refractivity contribution in [2.45, 2.75) is 12.8 Å². The summed E-state index contributed by atoms with van der Waals surface area (Å²) in [5.74, 6) is -0.557. The Labute approximate surface area is 114 Å². The van der Waals surface area contributed by atoms with Crippen molar-refractivity contribution in [3.63, 3.8) is 0 Å². The molecule has 94 valence electrons. The molecule has 0 amide bonds. The lowest BCUT2D eigenvalue weighted by Crippen LogP contribution is -2.07. The first-order chi connectivity index (χ1) is 8.54. The van der Waals surface area contributed by atoms with Crippen LogP contribution in [0.25, 0.3) is 10.8 Å². The summed E-state index contributed by atoms with van der Waals surface area (Å²) >= 11 is 3.49. The van der Waals surface area contributed by atoms with Gasteiger partial charge in [-0.1, -0.05) is 24.3 Å². The summed E-state index contributed by atoms with van der Waals surface area (Å²) in [5, 5.41) is 11.0. The van der Waals surface area contributed by atoms with Crippen molar-refractivity contribution >= 4 is 32.7 Å². The van der Waals surface area contributed by atoms with Crippen molar-refractivity contribution < 1.29 is 14.6 Å². The number of carbonyl (C=O) groups is 1. The number of aliphatic carboxylic acids is 1. The quantitative estimate of drug-likeness (QED) is 0.938. The summed E-state index contributed by atoms with van der Waals surface area (Å²) in [7, 11) is 1.62. The molecular formula is C14H13BrO3. The Bertz CT molecular complexity index is 607. The molecule has 0 aromatic heterocycles. The van der Waals surface area contributed by atoms with E-state index in [4.69, 9.17) is 9.84 Å². The van der Waals surface area contributed by atoms with Gasteiger partial charge in [0.05, 0.1) is 17.5 Å². The Morgan fingerprint density at radius 3 is 2.67 bits per heavy atom. The number of carboxylic acids is 1. The number of ether oxygens (including phenoxy) is 1. The highest BCUT2D eigenvalue weighted by molar-refractivity contribution is 9.10. The van der Waals surface area contributed by atoms with Crippen LogP contribution < -0.4 is 4.74 Å². The summed E-state index contributed by atoms with van der Waals surface area (Å²) in [6.45, 7) is 1.68. The standard InChI is InChI=1S/C14H13BrO3/c1-8(14(16)17)9-3-5-11-10(7-9)4-6-12(18-2)13(11)15/h3-8H,1-2H3,(H,16,17)/t8-/m1/s1. The van der Waals surface area contributed by atoms with Gasteiger partial charge in [-0.3, -0.25) is 4.79 Å². The second-order valence-corrected chi connectivity index (χ2v) is 4.92. The highest BCUT2D eigenvalue weighted by Crippen LogP contribution is 2.34. The average Bonchev–Trinajstić information content (AvgIpc) is 2.37. The van der Waals surface area contributed by atoms with Crippen molar-refractivity contribution in [3.8, 4) is 5.75 Å². The minimum atomic E-state index is -0.818. The maximum Gasteiger partial charge on any atom is 0.310 e. The van der Waals surface area contributed by atoms with E-state index in [0.29, 0.717) is 0 Å². The van der Waals surface area contributed by atoms with Crippen molar-refractivity contribution in [3.05, 3.63) is 40.4 Å². The molecule has 0 aliphatic rings. The third-order valence-electron chi connectivity index (χ3n) is 3.03. The van der Waals surface area contributed by atoms with Gasteiger partial charge < -0.3 is 9.84 Å². The lowest BCUT2D eigenvalue weighted by atomic mass is 9.98. The lowest BCUT2D eigenvalue weighted by Gasteiger charge is -2.10. The molecule has 0 aliphatic carbocycles. The minimum Gasteiger partial charge on any atom is -0.496 e. The predicted octanol–water partition coefficient (Wildman–Crippen LogP) is 3.80. The number of benzene rings is 2. The molecule has 2 aromatic rings. The number of methoxy groups -OCH3 is 1. The van der Waals surface area contributed by atoms with Crippen molar-refractivity contribution in [1.82, 2.24) is 0 Å². The third-order valence-corrected chi connectivity index (χ3v) is 3.85. The van der Waals surface area contributed by atoms with Gasteiger partial charge in [-0.25, -0.2) is 0 Å². The van der Waals surface area contributed by atoms with Crippen LogP contribution in [0.4, 0.5) is 0 Å². The van der Waals surface area contributed by atoms with Crippen LogP contribution in [0.5, 0.6) is 5.75 Å². The van der Waals surface area contributed by atoms with Gasteiger partial charge in [0.1, 0.15) is 5.75 Å². The molecule has 0 spiro atoms. The lowest BCUT2D eigenvalue weighted by molar-refractivity contribution is -0.138. The van der Waals surface area contributed by atoms with Gasteiger partial charge in [-0.05, 0) is 45.3 Å². The van der Waals surface area contributed by atoms with Crippen LogP contribution in [0.1, 0.15) is 18.4 Å². The Morgan fingerprint density at radius 2 is 2.06 bits per heavy atom. The maximum atomic E-state index is 11.0. The monoisotopic (exact) mass is 308 g/mol. The predicted molar refractivity (Wildman–Crippen MR) is 74.3 cm³/mol. The zero-order valence-electron chi connectivity index (χ0n) is 10.1. The fourth-order valence-corrected chi connectivity index (χ4v) is 2.52. The molecule has 3 nitrogen and oxygen atoms in total. The van der Waals surface area contributed by atoms with Gasteiger partial charge in [0, 0.05) is 0 Å². The minimum absolute atomic E-state index is 0.504. The van der Waals surface area contributed by atoms with Crippen LogP contribution in [0.15, 0.2) is 34.8 Å². The Hall–Kier alpha value is -1.55. The molecule has 2 rings (SSSR count). The molecule has 18 heavy (non-hydrogen) atoms. The summed E-state index contributed by atoms with van der Waals surface area (Å²) in [6, 6.07) is 9.44. The number of hydrogen-bond acceptors (Lipinski definition) is 2. The van der Waals surface area contributed by atoms with Crippen LogP contribution in [0.3, 0.4) is 0 Å². The fraction of sp³-hybridized carbons (Fsp3) is 0.214. The van der Waals surface area contributed by atoms with E-state index in [2.05, 4.69) is 15.9 Å². The average molecular weight is 309 g/mol. The van der Waals surface area contributed by atoms with Crippen LogP contribution in [0, 0.1) is 0 Å². The largest absolute Gasteiger partial charge is 0.496 e. The van der Waals surface area contributed by atoms with Crippen LogP contribution in [-0.4, -0.2) is 18.2 Å². The van der Waals surface area contributed by atoms with Gasteiger partial charge in [0.2, 0.25) is 0 Å². The number of rotatable bonds is 3. The van der Waals surface area contributed by atoms with E-state index in [-0.39, 0.29) is 0 Å². The number of carboxylic acid groups (broad SMARTS) is 1. The summed E-state index contributed by atoms with van der Waals surface area (Å²) < 4.78 is 6.11. The molecule has 0 unspecified atom stereocenters.